The molecule has 0 nitrogen and oxygen atoms in total. The molecule has 0 N–H and O–H groups in total. The van der Waals surface area contributed by atoms with E-state index in [-0.39, 0.29) is 0 Å². The van der Waals surface area contributed by atoms with E-state index in [1.807, 2.05) is 0 Å². The SMILES string of the molecule is c1ccc(-c2ccc(-c3ccc4ccc(-c5c6ccccc6c(-c6cc7ccccc7c7ccccc67)c6ccccc56)cc4c3)cc2)cc1. The van der Waals surface area contributed by atoms with Crippen LogP contribution in [0.1, 0.15) is 0 Å². The fraction of sp³-hybridized carbons (Fsp3) is 0. The zero-order valence-corrected chi connectivity index (χ0v) is 27.5. The minimum absolute atomic E-state index is 1.22. The molecular weight excluding hydrogens is 601 g/mol. The number of rotatable bonds is 4. The van der Waals surface area contributed by atoms with Crippen molar-refractivity contribution in [1.29, 1.82) is 0 Å². The Hall–Kier alpha value is -6.50. The predicted octanol–water partition coefficient (Wildman–Crippen LogP) is 14.1. The zero-order valence-electron chi connectivity index (χ0n) is 27.5. The average Bonchev–Trinajstić information content (AvgIpc) is 3.19. The van der Waals surface area contributed by atoms with Crippen LogP contribution in [0.3, 0.4) is 0 Å². The van der Waals surface area contributed by atoms with Crippen molar-refractivity contribution in [3.8, 4) is 44.5 Å². The highest BCUT2D eigenvalue weighted by molar-refractivity contribution is 6.26. The van der Waals surface area contributed by atoms with Crippen LogP contribution in [0.5, 0.6) is 0 Å². The molecule has 0 unspecified atom stereocenters. The Balaban J connectivity index is 1.18. The number of benzene rings is 10. The van der Waals surface area contributed by atoms with Crippen molar-refractivity contribution in [1.82, 2.24) is 0 Å². The van der Waals surface area contributed by atoms with Crippen molar-refractivity contribution in [2.45, 2.75) is 0 Å². The van der Waals surface area contributed by atoms with Crippen molar-refractivity contribution >= 4 is 53.9 Å². The molecule has 0 amide bonds. The van der Waals surface area contributed by atoms with E-state index >= 15 is 0 Å². The third-order valence-corrected chi connectivity index (χ3v) is 10.4. The molecule has 0 saturated carbocycles. The first kappa shape index (κ1) is 28.5. The third-order valence-electron chi connectivity index (χ3n) is 10.4. The summed E-state index contributed by atoms with van der Waals surface area (Å²) in [6, 6.07) is 71.3. The minimum Gasteiger partial charge on any atom is -0.0622 e. The smallest absolute Gasteiger partial charge is 0.00199 e. The summed E-state index contributed by atoms with van der Waals surface area (Å²) in [5, 5.41) is 12.7. The maximum Gasteiger partial charge on any atom is -0.00199 e. The van der Waals surface area contributed by atoms with Crippen molar-refractivity contribution in [2.24, 2.45) is 0 Å². The third kappa shape index (κ3) is 4.61. The molecule has 232 valence electrons. The van der Waals surface area contributed by atoms with E-state index in [0.717, 1.165) is 0 Å². The fourth-order valence-electron chi connectivity index (χ4n) is 8.06. The monoisotopic (exact) mass is 632 g/mol. The van der Waals surface area contributed by atoms with Crippen LogP contribution in [-0.4, -0.2) is 0 Å². The first-order valence-electron chi connectivity index (χ1n) is 17.3. The lowest BCUT2D eigenvalue weighted by Crippen LogP contribution is -1.92. The molecule has 0 heteroatoms. The van der Waals surface area contributed by atoms with Crippen molar-refractivity contribution in [2.75, 3.05) is 0 Å². The molecule has 0 aliphatic carbocycles. The van der Waals surface area contributed by atoms with E-state index < -0.39 is 0 Å². The standard InChI is InChI=1S/C50H32/c1-2-12-33(13-3-1)34-22-24-35(25-23-34)37-28-26-36-27-29-39(31-40(36)30-37)49-44-18-8-10-20-46(44)50(47-21-11-9-19-45(47)49)48-32-38-14-4-5-15-41(38)42-16-6-7-17-43(42)48/h1-32H. The van der Waals surface area contributed by atoms with Gasteiger partial charge in [0, 0.05) is 0 Å². The maximum atomic E-state index is 2.40. The lowest BCUT2D eigenvalue weighted by Gasteiger charge is -2.20. The van der Waals surface area contributed by atoms with Gasteiger partial charge in [-0.15, -0.1) is 0 Å². The van der Waals surface area contributed by atoms with Crippen LogP contribution in [0.2, 0.25) is 0 Å². The van der Waals surface area contributed by atoms with Gasteiger partial charge < -0.3 is 0 Å². The van der Waals surface area contributed by atoms with Gasteiger partial charge in [-0.25, -0.2) is 0 Å². The van der Waals surface area contributed by atoms with Gasteiger partial charge in [0.15, 0.2) is 0 Å². The summed E-state index contributed by atoms with van der Waals surface area (Å²) in [5.41, 5.74) is 10.0. The van der Waals surface area contributed by atoms with E-state index in [4.69, 9.17) is 0 Å². The molecule has 0 fully saturated rings. The van der Waals surface area contributed by atoms with E-state index in [1.165, 1.54) is 98.4 Å². The lowest BCUT2D eigenvalue weighted by atomic mass is 9.83. The molecule has 0 aromatic heterocycles. The second-order valence-corrected chi connectivity index (χ2v) is 13.3. The summed E-state index contributed by atoms with van der Waals surface area (Å²) in [5.74, 6) is 0. The molecule has 10 aromatic rings. The van der Waals surface area contributed by atoms with Crippen LogP contribution >= 0.6 is 0 Å². The van der Waals surface area contributed by atoms with E-state index in [0.29, 0.717) is 0 Å². The largest absolute Gasteiger partial charge is 0.0622 e. The molecular formula is C50H32. The first-order chi connectivity index (χ1) is 24.8. The highest BCUT2D eigenvalue weighted by Gasteiger charge is 2.19. The van der Waals surface area contributed by atoms with Crippen LogP contribution in [0, 0.1) is 0 Å². The molecule has 0 heterocycles. The zero-order chi connectivity index (χ0) is 33.0. The van der Waals surface area contributed by atoms with Gasteiger partial charge in [-0.3, -0.25) is 0 Å². The molecule has 0 aliphatic heterocycles. The Labute approximate surface area is 291 Å². The lowest BCUT2D eigenvalue weighted by molar-refractivity contribution is 1.60. The summed E-state index contributed by atoms with van der Waals surface area (Å²) < 4.78 is 0. The summed E-state index contributed by atoms with van der Waals surface area (Å²) in [4.78, 5) is 0. The molecule has 0 spiro atoms. The highest BCUT2D eigenvalue weighted by atomic mass is 14.2. The molecule has 0 radical (unpaired) electrons. The second kappa shape index (κ2) is 11.6. The fourth-order valence-corrected chi connectivity index (χ4v) is 8.06. The Bertz CT molecular complexity index is 2840. The van der Waals surface area contributed by atoms with Crippen molar-refractivity contribution in [3.05, 3.63) is 194 Å². The molecule has 0 aliphatic rings. The Morgan fingerprint density at radius 1 is 0.200 bits per heavy atom. The topological polar surface area (TPSA) is 0 Å². The van der Waals surface area contributed by atoms with Gasteiger partial charge >= 0.3 is 0 Å². The molecule has 0 bridgehead atoms. The van der Waals surface area contributed by atoms with E-state index in [9.17, 15) is 0 Å². The van der Waals surface area contributed by atoms with Gasteiger partial charge in [0.2, 0.25) is 0 Å². The average molecular weight is 633 g/mol. The van der Waals surface area contributed by atoms with Crippen molar-refractivity contribution in [3.63, 3.8) is 0 Å². The summed E-state index contributed by atoms with van der Waals surface area (Å²) in [6.45, 7) is 0. The first-order valence-corrected chi connectivity index (χ1v) is 17.3. The minimum atomic E-state index is 1.22. The van der Waals surface area contributed by atoms with Crippen LogP contribution in [0.25, 0.3) is 98.4 Å². The second-order valence-electron chi connectivity index (χ2n) is 13.3. The molecule has 10 aromatic carbocycles. The van der Waals surface area contributed by atoms with Crippen LogP contribution in [0.4, 0.5) is 0 Å². The van der Waals surface area contributed by atoms with Gasteiger partial charge in [-0.1, -0.05) is 176 Å². The highest BCUT2D eigenvalue weighted by Crippen LogP contribution is 2.47. The van der Waals surface area contributed by atoms with Gasteiger partial charge in [0.25, 0.3) is 0 Å². The quantitative estimate of drug-likeness (QED) is 0.134. The number of hydrogen-bond acceptors (Lipinski definition) is 0. The molecule has 0 saturated heterocycles. The molecule has 0 atom stereocenters. The normalized spacial score (nSPS) is 11.6. The Kier molecular flexibility index (Phi) is 6.60. The van der Waals surface area contributed by atoms with Gasteiger partial charge in [-0.05, 0) is 117 Å². The number of hydrogen-bond donors (Lipinski definition) is 0. The number of fused-ring (bicyclic) bond motifs is 6. The Morgan fingerprint density at radius 2 is 0.640 bits per heavy atom. The Morgan fingerprint density at radius 3 is 1.30 bits per heavy atom. The van der Waals surface area contributed by atoms with E-state index in [2.05, 4.69) is 194 Å². The van der Waals surface area contributed by atoms with Crippen LogP contribution in [0.15, 0.2) is 194 Å². The van der Waals surface area contributed by atoms with Crippen LogP contribution < -0.4 is 0 Å². The van der Waals surface area contributed by atoms with Gasteiger partial charge in [-0.2, -0.15) is 0 Å². The van der Waals surface area contributed by atoms with Crippen molar-refractivity contribution < 1.29 is 0 Å². The van der Waals surface area contributed by atoms with Gasteiger partial charge in [0.05, 0.1) is 0 Å². The van der Waals surface area contributed by atoms with Crippen LogP contribution in [-0.2, 0) is 0 Å². The maximum absolute atomic E-state index is 2.40. The molecule has 10 rings (SSSR count). The summed E-state index contributed by atoms with van der Waals surface area (Å²) in [7, 11) is 0. The summed E-state index contributed by atoms with van der Waals surface area (Å²) in [6.07, 6.45) is 0. The van der Waals surface area contributed by atoms with Gasteiger partial charge in [0.1, 0.15) is 0 Å². The molecule has 50 heavy (non-hydrogen) atoms. The summed E-state index contributed by atoms with van der Waals surface area (Å²) >= 11 is 0. The predicted molar refractivity (Wildman–Crippen MR) is 216 cm³/mol. The van der Waals surface area contributed by atoms with E-state index in [1.54, 1.807) is 0 Å².